The SMILES string of the molecule is CC(C)(C)OC(=O)N[C@H](C=C[C@@H]1COC(C)(C)O1)COCc1ccccc1. The fraction of sp³-hybridized carbons (Fsp3) is 0.571. The molecule has 6 heteroatoms. The van der Waals surface area contributed by atoms with E-state index in [4.69, 9.17) is 18.9 Å². The normalized spacial score (nSPS) is 20.6. The van der Waals surface area contributed by atoms with E-state index in [1.54, 1.807) is 0 Å². The number of hydrogen-bond acceptors (Lipinski definition) is 5. The molecular weight excluding hydrogens is 346 g/mol. The maximum atomic E-state index is 12.1. The average molecular weight is 377 g/mol. The lowest BCUT2D eigenvalue weighted by atomic mass is 10.2. The lowest BCUT2D eigenvalue weighted by Crippen LogP contribution is -2.40. The Labute approximate surface area is 161 Å². The number of ether oxygens (including phenoxy) is 4. The lowest BCUT2D eigenvalue weighted by molar-refractivity contribution is -0.133. The maximum Gasteiger partial charge on any atom is 0.408 e. The highest BCUT2D eigenvalue weighted by molar-refractivity contribution is 5.68. The first-order valence-electron chi connectivity index (χ1n) is 9.24. The van der Waals surface area contributed by atoms with E-state index in [-0.39, 0.29) is 12.1 Å². The number of benzene rings is 1. The van der Waals surface area contributed by atoms with Gasteiger partial charge in [0.2, 0.25) is 0 Å². The molecule has 1 aliphatic rings. The van der Waals surface area contributed by atoms with E-state index in [0.29, 0.717) is 19.8 Å². The maximum absolute atomic E-state index is 12.1. The van der Waals surface area contributed by atoms with E-state index in [0.717, 1.165) is 5.56 Å². The van der Waals surface area contributed by atoms with Crippen LogP contribution in [-0.2, 0) is 25.6 Å². The monoisotopic (exact) mass is 377 g/mol. The minimum absolute atomic E-state index is 0.156. The van der Waals surface area contributed by atoms with Gasteiger partial charge >= 0.3 is 6.09 Å². The van der Waals surface area contributed by atoms with Gasteiger partial charge in [0, 0.05) is 0 Å². The second-order valence-electron chi connectivity index (χ2n) is 8.01. The van der Waals surface area contributed by atoms with Gasteiger partial charge in [-0.25, -0.2) is 4.79 Å². The molecule has 0 saturated carbocycles. The van der Waals surface area contributed by atoms with E-state index in [2.05, 4.69) is 5.32 Å². The number of rotatable bonds is 7. The van der Waals surface area contributed by atoms with Gasteiger partial charge in [-0.1, -0.05) is 42.5 Å². The van der Waals surface area contributed by atoms with Crippen LogP contribution < -0.4 is 5.32 Å². The summed E-state index contributed by atoms with van der Waals surface area (Å²) >= 11 is 0. The van der Waals surface area contributed by atoms with Crippen LogP contribution >= 0.6 is 0 Å². The van der Waals surface area contributed by atoms with Gasteiger partial charge in [0.25, 0.3) is 0 Å². The largest absolute Gasteiger partial charge is 0.444 e. The fourth-order valence-corrected chi connectivity index (χ4v) is 2.55. The highest BCUT2D eigenvalue weighted by Gasteiger charge is 2.31. The molecule has 0 spiro atoms. The first kappa shape index (κ1) is 21.4. The first-order valence-corrected chi connectivity index (χ1v) is 9.24. The Morgan fingerprint density at radius 1 is 1.33 bits per heavy atom. The smallest absolute Gasteiger partial charge is 0.408 e. The summed E-state index contributed by atoms with van der Waals surface area (Å²) in [5.41, 5.74) is 0.516. The fourth-order valence-electron chi connectivity index (χ4n) is 2.55. The van der Waals surface area contributed by atoms with Gasteiger partial charge in [0.05, 0.1) is 25.9 Å². The second-order valence-corrected chi connectivity index (χ2v) is 8.01. The summed E-state index contributed by atoms with van der Waals surface area (Å²) in [5, 5.41) is 2.84. The van der Waals surface area contributed by atoms with Gasteiger partial charge in [-0.2, -0.15) is 0 Å². The molecular formula is C21H31NO5. The molecule has 1 aliphatic heterocycles. The topological polar surface area (TPSA) is 66.0 Å². The minimum Gasteiger partial charge on any atom is -0.444 e. The van der Waals surface area contributed by atoms with Crippen LogP contribution in [0.25, 0.3) is 0 Å². The molecule has 1 aromatic carbocycles. The van der Waals surface area contributed by atoms with Crippen molar-refractivity contribution in [2.45, 2.75) is 64.8 Å². The van der Waals surface area contributed by atoms with Crippen molar-refractivity contribution in [3.8, 4) is 0 Å². The summed E-state index contributed by atoms with van der Waals surface area (Å²) in [4.78, 5) is 12.1. The van der Waals surface area contributed by atoms with Crippen LogP contribution in [0.5, 0.6) is 0 Å². The molecule has 2 rings (SSSR count). The van der Waals surface area contributed by atoms with Crippen molar-refractivity contribution >= 4 is 6.09 Å². The number of carbonyl (C=O) groups excluding carboxylic acids is 1. The molecule has 6 nitrogen and oxygen atoms in total. The van der Waals surface area contributed by atoms with E-state index in [1.807, 2.05) is 77.1 Å². The van der Waals surface area contributed by atoms with Crippen LogP contribution in [0.2, 0.25) is 0 Å². The number of carbonyl (C=O) groups is 1. The molecule has 0 aliphatic carbocycles. The quantitative estimate of drug-likeness (QED) is 0.732. The molecule has 1 heterocycles. The van der Waals surface area contributed by atoms with Crippen LogP contribution in [0.15, 0.2) is 42.5 Å². The summed E-state index contributed by atoms with van der Waals surface area (Å²) in [6.45, 7) is 10.5. The van der Waals surface area contributed by atoms with Gasteiger partial charge in [-0.05, 0) is 40.2 Å². The Balaban J connectivity index is 1.91. The van der Waals surface area contributed by atoms with Gasteiger partial charge in [-0.3, -0.25) is 0 Å². The summed E-state index contributed by atoms with van der Waals surface area (Å²) in [5.74, 6) is -0.590. The van der Waals surface area contributed by atoms with E-state index in [9.17, 15) is 4.79 Å². The lowest BCUT2D eigenvalue weighted by Gasteiger charge is -2.22. The molecule has 1 aromatic rings. The number of hydrogen-bond donors (Lipinski definition) is 1. The Bertz CT molecular complexity index is 621. The zero-order chi connectivity index (χ0) is 19.9. The van der Waals surface area contributed by atoms with Crippen LogP contribution in [0.1, 0.15) is 40.2 Å². The third-order valence-electron chi connectivity index (χ3n) is 3.70. The molecule has 1 fully saturated rings. The van der Waals surface area contributed by atoms with Crippen molar-refractivity contribution < 1.29 is 23.7 Å². The third-order valence-corrected chi connectivity index (χ3v) is 3.70. The summed E-state index contributed by atoms with van der Waals surface area (Å²) in [6, 6.07) is 9.55. The van der Waals surface area contributed by atoms with Gasteiger partial charge in [-0.15, -0.1) is 0 Å². The van der Waals surface area contributed by atoms with E-state index in [1.165, 1.54) is 0 Å². The predicted octanol–water partition coefficient (Wildman–Crippen LogP) is 3.80. The van der Waals surface area contributed by atoms with Crippen molar-refractivity contribution in [1.29, 1.82) is 0 Å². The van der Waals surface area contributed by atoms with Crippen LogP contribution in [0.4, 0.5) is 4.79 Å². The Hall–Kier alpha value is -1.89. The van der Waals surface area contributed by atoms with Gasteiger partial charge in [0.15, 0.2) is 5.79 Å². The minimum atomic E-state index is -0.590. The molecule has 0 bridgehead atoms. The molecule has 0 radical (unpaired) electrons. The zero-order valence-electron chi connectivity index (χ0n) is 16.9. The predicted molar refractivity (Wildman–Crippen MR) is 103 cm³/mol. The Kier molecular flexibility index (Phi) is 7.41. The molecule has 1 amide bonds. The van der Waals surface area contributed by atoms with Crippen molar-refractivity contribution in [3.05, 3.63) is 48.0 Å². The number of alkyl carbamates (subject to hydrolysis) is 1. The average Bonchev–Trinajstić information content (AvgIpc) is 2.91. The van der Waals surface area contributed by atoms with Crippen LogP contribution in [-0.4, -0.2) is 42.8 Å². The number of amides is 1. The summed E-state index contributed by atoms with van der Waals surface area (Å²) in [6.07, 6.45) is 3.12. The Morgan fingerprint density at radius 3 is 2.63 bits per heavy atom. The summed E-state index contributed by atoms with van der Waals surface area (Å²) in [7, 11) is 0. The molecule has 1 N–H and O–H groups in total. The van der Waals surface area contributed by atoms with Crippen molar-refractivity contribution in [2.75, 3.05) is 13.2 Å². The second kappa shape index (κ2) is 9.35. The van der Waals surface area contributed by atoms with E-state index >= 15 is 0 Å². The summed E-state index contributed by atoms with van der Waals surface area (Å²) < 4.78 is 22.4. The molecule has 2 atom stereocenters. The Morgan fingerprint density at radius 2 is 2.04 bits per heavy atom. The zero-order valence-corrected chi connectivity index (χ0v) is 16.9. The van der Waals surface area contributed by atoms with Crippen molar-refractivity contribution in [3.63, 3.8) is 0 Å². The molecule has 1 saturated heterocycles. The van der Waals surface area contributed by atoms with Gasteiger partial charge in [0.1, 0.15) is 11.7 Å². The highest BCUT2D eigenvalue weighted by Crippen LogP contribution is 2.23. The number of nitrogens with one attached hydrogen (secondary N) is 1. The van der Waals surface area contributed by atoms with Crippen LogP contribution in [0, 0.1) is 0 Å². The molecule has 0 aromatic heterocycles. The van der Waals surface area contributed by atoms with Crippen molar-refractivity contribution in [1.82, 2.24) is 5.32 Å². The molecule has 27 heavy (non-hydrogen) atoms. The van der Waals surface area contributed by atoms with Crippen molar-refractivity contribution in [2.24, 2.45) is 0 Å². The molecule has 150 valence electrons. The van der Waals surface area contributed by atoms with E-state index < -0.39 is 17.5 Å². The third kappa shape index (κ3) is 8.56. The van der Waals surface area contributed by atoms with Crippen LogP contribution in [0.3, 0.4) is 0 Å². The highest BCUT2D eigenvalue weighted by atomic mass is 16.7. The first-order chi connectivity index (χ1) is 12.6. The standard InChI is InChI=1S/C21H31NO5/c1-20(2,3)27-19(23)22-17(11-12-18-15-25-21(4,5)26-18)14-24-13-16-9-7-6-8-10-16/h6-12,17-18H,13-15H2,1-5H3,(H,22,23)/t17-,18-/m1/s1. The van der Waals surface area contributed by atoms with Gasteiger partial charge < -0.3 is 24.3 Å². The molecule has 0 unspecified atom stereocenters.